The first kappa shape index (κ1) is 17.1. The highest BCUT2D eigenvalue weighted by Crippen LogP contribution is 2.19. The first-order valence-corrected chi connectivity index (χ1v) is 8.36. The molecule has 0 spiro atoms. The zero-order chi connectivity index (χ0) is 15.1. The Bertz CT molecular complexity index is 424. The summed E-state index contributed by atoms with van der Waals surface area (Å²) < 4.78 is 0. The maximum atomic E-state index is 12.2. The van der Waals surface area contributed by atoms with E-state index in [1.165, 1.54) is 0 Å². The van der Waals surface area contributed by atoms with E-state index >= 15 is 0 Å². The standard InChI is InChI=1S/C16H26N2OS/c1-12(2)18(13(3)4)11-10-17-16(19)14-8-6-7-9-15(14)20-5/h6-9,12-13H,10-11H2,1-5H3,(H,17,19). The Kier molecular flexibility index (Phi) is 7.10. The van der Waals surface area contributed by atoms with Gasteiger partial charge < -0.3 is 5.32 Å². The van der Waals surface area contributed by atoms with Crippen molar-refractivity contribution in [2.75, 3.05) is 19.3 Å². The lowest BCUT2D eigenvalue weighted by Crippen LogP contribution is -2.42. The van der Waals surface area contributed by atoms with Gasteiger partial charge >= 0.3 is 0 Å². The summed E-state index contributed by atoms with van der Waals surface area (Å²) in [6.07, 6.45) is 1.99. The maximum absolute atomic E-state index is 12.2. The van der Waals surface area contributed by atoms with Crippen LogP contribution in [0.3, 0.4) is 0 Å². The molecule has 0 saturated heterocycles. The fraction of sp³-hybridized carbons (Fsp3) is 0.562. The van der Waals surface area contributed by atoms with Gasteiger partial charge in [0.05, 0.1) is 5.56 Å². The summed E-state index contributed by atoms with van der Waals surface area (Å²) in [6, 6.07) is 8.71. The number of hydrogen-bond donors (Lipinski definition) is 1. The molecule has 0 radical (unpaired) electrons. The van der Waals surface area contributed by atoms with Crippen molar-refractivity contribution >= 4 is 17.7 Å². The maximum Gasteiger partial charge on any atom is 0.252 e. The number of thioether (sulfide) groups is 1. The molecule has 112 valence electrons. The van der Waals surface area contributed by atoms with E-state index in [4.69, 9.17) is 0 Å². The first-order chi connectivity index (χ1) is 9.47. The molecule has 4 heteroatoms. The van der Waals surface area contributed by atoms with Gasteiger partial charge in [0.2, 0.25) is 0 Å². The Hall–Kier alpha value is -1.00. The predicted molar refractivity (Wildman–Crippen MR) is 87.5 cm³/mol. The molecule has 1 amide bonds. The first-order valence-electron chi connectivity index (χ1n) is 7.14. The van der Waals surface area contributed by atoms with Gasteiger partial charge in [-0.15, -0.1) is 11.8 Å². The van der Waals surface area contributed by atoms with E-state index in [1.807, 2.05) is 30.5 Å². The lowest BCUT2D eigenvalue weighted by molar-refractivity contribution is 0.0936. The van der Waals surface area contributed by atoms with E-state index in [9.17, 15) is 4.79 Å². The molecule has 1 aromatic rings. The summed E-state index contributed by atoms with van der Waals surface area (Å²) >= 11 is 1.60. The molecule has 0 bridgehead atoms. The number of nitrogens with one attached hydrogen (secondary N) is 1. The van der Waals surface area contributed by atoms with E-state index in [0.717, 1.165) is 17.0 Å². The largest absolute Gasteiger partial charge is 0.351 e. The molecular weight excluding hydrogens is 268 g/mol. The van der Waals surface area contributed by atoms with Gasteiger partial charge in [-0.1, -0.05) is 12.1 Å². The summed E-state index contributed by atoms with van der Waals surface area (Å²) in [4.78, 5) is 15.6. The number of carbonyl (C=O) groups is 1. The molecular formula is C16H26N2OS. The number of nitrogens with zero attached hydrogens (tertiary/aromatic N) is 1. The zero-order valence-corrected chi connectivity index (χ0v) is 14.0. The molecule has 0 saturated carbocycles. The number of benzene rings is 1. The van der Waals surface area contributed by atoms with E-state index in [-0.39, 0.29) is 5.91 Å². The predicted octanol–water partition coefficient (Wildman–Crippen LogP) is 3.26. The third-order valence-corrected chi connectivity index (χ3v) is 4.13. The molecule has 1 rings (SSSR count). The Morgan fingerprint density at radius 3 is 2.35 bits per heavy atom. The van der Waals surface area contributed by atoms with Crippen LogP contribution < -0.4 is 5.32 Å². The third kappa shape index (κ3) is 4.84. The molecule has 20 heavy (non-hydrogen) atoms. The van der Waals surface area contributed by atoms with Crippen molar-refractivity contribution in [2.45, 2.75) is 44.7 Å². The quantitative estimate of drug-likeness (QED) is 0.783. The van der Waals surface area contributed by atoms with Crippen LogP contribution in [0.2, 0.25) is 0 Å². The minimum Gasteiger partial charge on any atom is -0.351 e. The van der Waals surface area contributed by atoms with Crippen molar-refractivity contribution < 1.29 is 4.79 Å². The highest BCUT2D eigenvalue weighted by molar-refractivity contribution is 7.98. The lowest BCUT2D eigenvalue weighted by Gasteiger charge is -2.30. The molecule has 0 aliphatic heterocycles. The summed E-state index contributed by atoms with van der Waals surface area (Å²) in [5, 5.41) is 3.02. The second kappa shape index (κ2) is 8.32. The Balaban J connectivity index is 2.55. The van der Waals surface area contributed by atoms with Crippen molar-refractivity contribution in [3.8, 4) is 0 Å². The van der Waals surface area contributed by atoms with E-state index in [0.29, 0.717) is 18.6 Å². The van der Waals surface area contributed by atoms with Crippen LogP contribution in [-0.4, -0.2) is 42.2 Å². The SMILES string of the molecule is CSc1ccccc1C(=O)NCCN(C(C)C)C(C)C. The van der Waals surface area contributed by atoms with E-state index in [2.05, 4.69) is 37.9 Å². The average Bonchev–Trinajstić information content (AvgIpc) is 2.42. The zero-order valence-electron chi connectivity index (χ0n) is 13.1. The van der Waals surface area contributed by atoms with Gasteiger partial charge in [0.25, 0.3) is 5.91 Å². The number of amides is 1. The lowest BCUT2D eigenvalue weighted by atomic mass is 10.2. The number of hydrogen-bond acceptors (Lipinski definition) is 3. The van der Waals surface area contributed by atoms with Gasteiger partial charge in [0.1, 0.15) is 0 Å². The summed E-state index contributed by atoms with van der Waals surface area (Å²) in [7, 11) is 0. The van der Waals surface area contributed by atoms with Crippen LogP contribution in [0, 0.1) is 0 Å². The van der Waals surface area contributed by atoms with Crippen LogP contribution in [0.5, 0.6) is 0 Å². The van der Waals surface area contributed by atoms with Crippen LogP contribution >= 0.6 is 11.8 Å². The van der Waals surface area contributed by atoms with Crippen molar-refractivity contribution in [2.24, 2.45) is 0 Å². The molecule has 0 fully saturated rings. The number of rotatable bonds is 7. The Morgan fingerprint density at radius 1 is 1.20 bits per heavy atom. The molecule has 0 heterocycles. The smallest absolute Gasteiger partial charge is 0.252 e. The molecule has 0 aromatic heterocycles. The second-order valence-electron chi connectivity index (χ2n) is 5.38. The summed E-state index contributed by atoms with van der Waals surface area (Å²) in [6.45, 7) is 10.3. The molecule has 3 nitrogen and oxygen atoms in total. The van der Waals surface area contributed by atoms with Gasteiger partial charge in [-0.05, 0) is 46.1 Å². The van der Waals surface area contributed by atoms with Gasteiger partial charge in [0, 0.05) is 30.1 Å². The van der Waals surface area contributed by atoms with Crippen LogP contribution in [0.25, 0.3) is 0 Å². The monoisotopic (exact) mass is 294 g/mol. The minimum atomic E-state index is 0.0161. The van der Waals surface area contributed by atoms with Crippen LogP contribution in [0.4, 0.5) is 0 Å². The van der Waals surface area contributed by atoms with Crippen molar-refractivity contribution in [3.05, 3.63) is 29.8 Å². The molecule has 1 aromatic carbocycles. The van der Waals surface area contributed by atoms with Crippen molar-refractivity contribution in [1.29, 1.82) is 0 Å². The van der Waals surface area contributed by atoms with Gasteiger partial charge in [0.15, 0.2) is 0 Å². The average molecular weight is 294 g/mol. The summed E-state index contributed by atoms with van der Waals surface area (Å²) in [5.41, 5.74) is 0.764. The number of carbonyl (C=O) groups excluding carboxylic acids is 1. The van der Waals surface area contributed by atoms with E-state index < -0.39 is 0 Å². The van der Waals surface area contributed by atoms with Gasteiger partial charge in [-0.2, -0.15) is 0 Å². The van der Waals surface area contributed by atoms with Crippen LogP contribution in [0.15, 0.2) is 29.2 Å². The summed E-state index contributed by atoms with van der Waals surface area (Å²) in [5.74, 6) is 0.0161. The fourth-order valence-electron chi connectivity index (χ4n) is 2.34. The molecule has 0 aliphatic rings. The van der Waals surface area contributed by atoms with Crippen LogP contribution in [0.1, 0.15) is 38.1 Å². The van der Waals surface area contributed by atoms with Crippen LogP contribution in [-0.2, 0) is 0 Å². The Labute approximate surface area is 127 Å². The van der Waals surface area contributed by atoms with Crippen molar-refractivity contribution in [1.82, 2.24) is 10.2 Å². The van der Waals surface area contributed by atoms with Crippen molar-refractivity contribution in [3.63, 3.8) is 0 Å². The highest BCUT2D eigenvalue weighted by Gasteiger charge is 2.14. The van der Waals surface area contributed by atoms with Gasteiger partial charge in [-0.25, -0.2) is 0 Å². The Morgan fingerprint density at radius 2 is 1.80 bits per heavy atom. The highest BCUT2D eigenvalue weighted by atomic mass is 32.2. The molecule has 1 N–H and O–H groups in total. The molecule has 0 atom stereocenters. The van der Waals surface area contributed by atoms with E-state index in [1.54, 1.807) is 11.8 Å². The minimum absolute atomic E-state index is 0.0161. The molecule has 0 unspecified atom stereocenters. The topological polar surface area (TPSA) is 32.3 Å². The normalized spacial score (nSPS) is 11.4. The second-order valence-corrected chi connectivity index (χ2v) is 6.23. The van der Waals surface area contributed by atoms with Gasteiger partial charge in [-0.3, -0.25) is 9.69 Å². The third-order valence-electron chi connectivity index (χ3n) is 3.33. The molecule has 0 aliphatic carbocycles. The fourth-order valence-corrected chi connectivity index (χ4v) is 2.93.